The third kappa shape index (κ3) is 649. The second kappa shape index (κ2) is 11.6. The Hall–Kier alpha value is 0.790. The number of rotatable bonds is 0. The van der Waals surface area contributed by atoms with E-state index < -0.39 is 12.2 Å². The summed E-state index contributed by atoms with van der Waals surface area (Å²) in [6.45, 7) is 6.44. The number of hydrogen-bond donors (Lipinski definition) is 0. The average molecular weight is 297 g/mol. The molecule has 9 heavy (non-hydrogen) atoms. The van der Waals surface area contributed by atoms with E-state index in [0.29, 0.717) is 0 Å². The Bertz CT molecular complexity index is 26.5. The van der Waals surface area contributed by atoms with Gasteiger partial charge in [0.1, 0.15) is 0 Å². The quantitative estimate of drug-likeness (QED) is 0.566. The molecule has 56 valence electrons. The SMILES string of the molecule is CC(C)[O-].CC(C)[O-].[Hf]. The van der Waals surface area contributed by atoms with Gasteiger partial charge in [0.25, 0.3) is 0 Å². The van der Waals surface area contributed by atoms with Crippen LogP contribution in [0.4, 0.5) is 0 Å². The average Bonchev–Trinajstić information content (AvgIpc) is 1.25. The summed E-state index contributed by atoms with van der Waals surface area (Å²) in [5, 5.41) is 19.1. The van der Waals surface area contributed by atoms with Crippen molar-refractivity contribution in [3.63, 3.8) is 0 Å². The molecule has 0 atom stereocenters. The van der Waals surface area contributed by atoms with Crippen LogP contribution in [0, 0.1) is 0 Å². The van der Waals surface area contributed by atoms with Crippen LogP contribution < -0.4 is 10.2 Å². The van der Waals surface area contributed by atoms with Crippen molar-refractivity contribution < 1.29 is 36.1 Å². The standard InChI is InChI=1S/2C3H7O.Hf/c2*1-3(2)4;/h2*3H,1-2H3;/q2*-1;. The molecule has 0 heterocycles. The molecule has 0 saturated carbocycles. The van der Waals surface area contributed by atoms with Crippen LogP contribution in [0.1, 0.15) is 27.7 Å². The second-order valence-electron chi connectivity index (χ2n) is 2.10. The smallest absolute Gasteiger partial charge is 0 e. The normalized spacial score (nSPS) is 8.00. The predicted octanol–water partition coefficient (Wildman–Crippen LogP) is -0.492. The molecule has 2 nitrogen and oxygen atoms in total. The van der Waals surface area contributed by atoms with Crippen LogP contribution in [0.5, 0.6) is 0 Å². The Kier molecular flexibility index (Phi) is 21.1. The predicted molar refractivity (Wildman–Crippen MR) is 30.3 cm³/mol. The van der Waals surface area contributed by atoms with Crippen molar-refractivity contribution in [1.82, 2.24) is 0 Å². The molecular weight excluding hydrogens is 283 g/mol. The summed E-state index contributed by atoms with van der Waals surface area (Å²) in [5.74, 6) is 0. The molecule has 0 aliphatic rings. The molecule has 0 unspecified atom stereocenters. The molecular formula is C6H14HfO2-2. The van der Waals surface area contributed by atoms with E-state index in [1.807, 2.05) is 0 Å². The molecule has 0 radical (unpaired) electrons. The van der Waals surface area contributed by atoms with Gasteiger partial charge in [0.15, 0.2) is 0 Å². The van der Waals surface area contributed by atoms with E-state index in [0.717, 1.165) is 0 Å². The summed E-state index contributed by atoms with van der Waals surface area (Å²) in [6, 6.07) is 0. The minimum absolute atomic E-state index is 0. The maximum atomic E-state index is 9.53. The van der Waals surface area contributed by atoms with E-state index >= 15 is 0 Å². The van der Waals surface area contributed by atoms with Gasteiger partial charge in [0.2, 0.25) is 0 Å². The van der Waals surface area contributed by atoms with Crippen molar-refractivity contribution in [3.8, 4) is 0 Å². The topological polar surface area (TPSA) is 46.1 Å². The molecule has 0 spiro atoms. The van der Waals surface area contributed by atoms with E-state index in [1.54, 1.807) is 27.7 Å². The van der Waals surface area contributed by atoms with Gasteiger partial charge in [-0.15, -0.1) is 12.2 Å². The molecule has 0 fully saturated rings. The fourth-order valence-corrected chi connectivity index (χ4v) is 0. The minimum atomic E-state index is -0.417. The van der Waals surface area contributed by atoms with Crippen molar-refractivity contribution in [2.24, 2.45) is 0 Å². The molecule has 0 aromatic heterocycles. The van der Waals surface area contributed by atoms with E-state index in [1.165, 1.54) is 0 Å². The van der Waals surface area contributed by atoms with Crippen LogP contribution in [0.15, 0.2) is 0 Å². The Labute approximate surface area is 76.1 Å². The first kappa shape index (κ1) is 16.4. The summed E-state index contributed by atoms with van der Waals surface area (Å²) in [5.41, 5.74) is 0. The van der Waals surface area contributed by atoms with E-state index in [2.05, 4.69) is 0 Å². The second-order valence-corrected chi connectivity index (χ2v) is 2.10. The molecule has 0 aromatic rings. The molecule has 0 aromatic carbocycles. The molecule has 3 heteroatoms. The summed E-state index contributed by atoms with van der Waals surface area (Å²) in [7, 11) is 0. The van der Waals surface area contributed by atoms with Crippen molar-refractivity contribution >= 4 is 0 Å². The Morgan fingerprint density at radius 3 is 0.778 bits per heavy atom. The summed E-state index contributed by atoms with van der Waals surface area (Å²) < 4.78 is 0. The number of hydrogen-bond acceptors (Lipinski definition) is 2. The monoisotopic (exact) mass is 298 g/mol. The zero-order valence-electron chi connectivity index (χ0n) is 6.47. The van der Waals surface area contributed by atoms with Gasteiger partial charge in [-0.1, -0.05) is 27.7 Å². The van der Waals surface area contributed by atoms with Gasteiger partial charge in [0, 0.05) is 25.8 Å². The van der Waals surface area contributed by atoms with Gasteiger partial charge < -0.3 is 10.2 Å². The van der Waals surface area contributed by atoms with Crippen LogP contribution >= 0.6 is 0 Å². The van der Waals surface area contributed by atoms with Gasteiger partial charge in [-0.2, -0.15) is 0 Å². The Morgan fingerprint density at radius 1 is 0.778 bits per heavy atom. The molecule has 0 amide bonds. The fraction of sp³-hybridized carbons (Fsp3) is 1.00. The maximum Gasteiger partial charge on any atom is 0 e. The van der Waals surface area contributed by atoms with Gasteiger partial charge in [-0.25, -0.2) is 0 Å². The van der Waals surface area contributed by atoms with Gasteiger partial charge in [-0.3, -0.25) is 0 Å². The molecule has 0 aliphatic heterocycles. The van der Waals surface area contributed by atoms with Crippen LogP contribution in [0.25, 0.3) is 0 Å². The summed E-state index contributed by atoms with van der Waals surface area (Å²) in [4.78, 5) is 0. The molecule has 0 saturated heterocycles. The largest absolute Gasteiger partial charge is 0.852 e. The Balaban J connectivity index is -0.0000000720. The fourth-order valence-electron chi connectivity index (χ4n) is 0. The van der Waals surface area contributed by atoms with Gasteiger partial charge in [0.05, 0.1) is 0 Å². The maximum absolute atomic E-state index is 9.53. The summed E-state index contributed by atoms with van der Waals surface area (Å²) >= 11 is 0. The van der Waals surface area contributed by atoms with Crippen molar-refractivity contribution in [2.45, 2.75) is 39.9 Å². The minimum Gasteiger partial charge on any atom is -0.852 e. The molecule has 0 N–H and O–H groups in total. The van der Waals surface area contributed by atoms with Crippen LogP contribution in [0.3, 0.4) is 0 Å². The Morgan fingerprint density at radius 2 is 0.778 bits per heavy atom. The van der Waals surface area contributed by atoms with E-state index in [-0.39, 0.29) is 25.8 Å². The van der Waals surface area contributed by atoms with Crippen molar-refractivity contribution in [3.05, 3.63) is 0 Å². The summed E-state index contributed by atoms with van der Waals surface area (Å²) in [6.07, 6.45) is -0.833. The van der Waals surface area contributed by atoms with Crippen LogP contribution in [-0.4, -0.2) is 12.2 Å². The first-order chi connectivity index (χ1) is 3.46. The molecule has 0 rings (SSSR count). The van der Waals surface area contributed by atoms with E-state index in [9.17, 15) is 10.2 Å². The van der Waals surface area contributed by atoms with E-state index in [4.69, 9.17) is 0 Å². The third-order valence-corrected chi connectivity index (χ3v) is 0. The van der Waals surface area contributed by atoms with Crippen molar-refractivity contribution in [1.29, 1.82) is 0 Å². The van der Waals surface area contributed by atoms with Gasteiger partial charge in [-0.05, 0) is 0 Å². The third-order valence-electron chi connectivity index (χ3n) is 0. The first-order valence-electron chi connectivity index (χ1n) is 2.78. The van der Waals surface area contributed by atoms with Crippen molar-refractivity contribution in [2.75, 3.05) is 0 Å². The molecule has 0 aliphatic carbocycles. The zero-order chi connectivity index (χ0) is 7.15. The van der Waals surface area contributed by atoms with Crippen LogP contribution in [0.2, 0.25) is 0 Å². The molecule has 0 bridgehead atoms. The van der Waals surface area contributed by atoms with Crippen LogP contribution in [-0.2, 0) is 25.8 Å². The zero-order valence-corrected chi connectivity index (χ0v) is 10.1. The van der Waals surface area contributed by atoms with Gasteiger partial charge >= 0.3 is 0 Å². The first-order valence-corrected chi connectivity index (χ1v) is 2.78.